The van der Waals surface area contributed by atoms with E-state index in [1.165, 1.54) is 0 Å². The Kier molecular flexibility index (Phi) is 6.15. The van der Waals surface area contributed by atoms with Crippen molar-refractivity contribution in [3.05, 3.63) is 23.8 Å². The van der Waals surface area contributed by atoms with Gasteiger partial charge in [-0.1, -0.05) is 6.07 Å². The fourth-order valence-corrected chi connectivity index (χ4v) is 1.65. The van der Waals surface area contributed by atoms with E-state index in [2.05, 4.69) is 10.6 Å². The van der Waals surface area contributed by atoms with Gasteiger partial charge >= 0.3 is 0 Å². The van der Waals surface area contributed by atoms with Crippen LogP contribution >= 0.6 is 0 Å². The van der Waals surface area contributed by atoms with E-state index in [1.807, 2.05) is 25.1 Å². The van der Waals surface area contributed by atoms with Crippen LogP contribution in [-0.2, 0) is 11.2 Å². The number of hydrogen-bond acceptors (Lipinski definition) is 4. The summed E-state index contributed by atoms with van der Waals surface area (Å²) in [5.74, 6) is 1.41. The summed E-state index contributed by atoms with van der Waals surface area (Å²) >= 11 is 0. The van der Waals surface area contributed by atoms with Gasteiger partial charge in [0.15, 0.2) is 11.5 Å². The molecule has 0 fully saturated rings. The van der Waals surface area contributed by atoms with Crippen LogP contribution in [0.3, 0.4) is 0 Å². The van der Waals surface area contributed by atoms with Gasteiger partial charge in [-0.05, 0) is 38.1 Å². The summed E-state index contributed by atoms with van der Waals surface area (Å²) in [6.45, 7) is 2.42. The number of nitrogens with one attached hydrogen (secondary N) is 2. The molecule has 0 radical (unpaired) electrons. The van der Waals surface area contributed by atoms with Gasteiger partial charge in [0.2, 0.25) is 5.91 Å². The first-order chi connectivity index (χ1) is 9.12. The van der Waals surface area contributed by atoms with E-state index >= 15 is 0 Å². The Bertz CT molecular complexity index is 421. The average Bonchev–Trinajstić information content (AvgIpc) is 2.45. The summed E-state index contributed by atoms with van der Waals surface area (Å²) in [7, 11) is 4.98. The number of hydrogen-bond donors (Lipinski definition) is 2. The predicted molar refractivity (Wildman–Crippen MR) is 74.8 cm³/mol. The Balaban J connectivity index is 2.52. The van der Waals surface area contributed by atoms with Gasteiger partial charge in [-0.15, -0.1) is 0 Å². The molecule has 1 aromatic rings. The Labute approximate surface area is 114 Å². The van der Waals surface area contributed by atoms with Crippen LogP contribution in [-0.4, -0.2) is 39.8 Å². The molecule has 0 heterocycles. The molecule has 1 unspecified atom stereocenters. The Morgan fingerprint density at radius 1 is 1.26 bits per heavy atom. The first-order valence-corrected chi connectivity index (χ1v) is 6.28. The van der Waals surface area contributed by atoms with Crippen molar-refractivity contribution in [2.45, 2.75) is 19.4 Å². The maximum absolute atomic E-state index is 11.6. The van der Waals surface area contributed by atoms with Gasteiger partial charge in [-0.25, -0.2) is 0 Å². The molecule has 1 amide bonds. The molecule has 0 saturated heterocycles. The molecule has 1 rings (SSSR count). The number of carbonyl (C=O) groups is 1. The largest absolute Gasteiger partial charge is 0.493 e. The van der Waals surface area contributed by atoms with Gasteiger partial charge < -0.3 is 20.1 Å². The molecule has 1 aromatic carbocycles. The van der Waals surface area contributed by atoms with Gasteiger partial charge in [-0.2, -0.15) is 0 Å². The number of rotatable bonds is 7. The molecule has 0 aromatic heterocycles. The highest BCUT2D eigenvalue weighted by Crippen LogP contribution is 2.27. The third-order valence-corrected chi connectivity index (χ3v) is 2.99. The zero-order chi connectivity index (χ0) is 14.3. The minimum atomic E-state index is -0.176. The lowest BCUT2D eigenvalue weighted by Gasteiger charge is -2.12. The third-order valence-electron chi connectivity index (χ3n) is 2.99. The lowest BCUT2D eigenvalue weighted by Crippen LogP contribution is -2.41. The number of likely N-dealkylation sites (N-methyl/N-ethyl adjacent to an activating group) is 1. The second kappa shape index (κ2) is 7.63. The molecular formula is C14H22N2O3. The normalized spacial score (nSPS) is 11.8. The highest BCUT2D eigenvalue weighted by Gasteiger charge is 2.09. The molecule has 0 bridgehead atoms. The molecule has 0 aliphatic rings. The van der Waals surface area contributed by atoms with Gasteiger partial charge in [0.25, 0.3) is 0 Å². The first kappa shape index (κ1) is 15.3. The topological polar surface area (TPSA) is 59.6 Å². The molecule has 106 valence electrons. The van der Waals surface area contributed by atoms with Crippen LogP contribution in [0.15, 0.2) is 18.2 Å². The fourth-order valence-electron chi connectivity index (χ4n) is 1.65. The van der Waals surface area contributed by atoms with Crippen molar-refractivity contribution in [2.75, 3.05) is 27.8 Å². The van der Waals surface area contributed by atoms with Crippen molar-refractivity contribution >= 4 is 5.91 Å². The van der Waals surface area contributed by atoms with Gasteiger partial charge in [0.05, 0.1) is 20.3 Å². The van der Waals surface area contributed by atoms with Crippen molar-refractivity contribution in [1.29, 1.82) is 0 Å². The number of ether oxygens (including phenoxy) is 2. The van der Waals surface area contributed by atoms with Crippen LogP contribution in [0.4, 0.5) is 0 Å². The zero-order valence-electron chi connectivity index (χ0n) is 11.9. The van der Waals surface area contributed by atoms with Crippen LogP contribution in [0, 0.1) is 0 Å². The zero-order valence-corrected chi connectivity index (χ0v) is 11.9. The minimum Gasteiger partial charge on any atom is -0.493 e. The van der Waals surface area contributed by atoms with Crippen molar-refractivity contribution in [2.24, 2.45) is 0 Å². The van der Waals surface area contributed by atoms with Crippen LogP contribution in [0.2, 0.25) is 0 Å². The van der Waals surface area contributed by atoms with Crippen molar-refractivity contribution in [3.63, 3.8) is 0 Å². The molecular weight excluding hydrogens is 244 g/mol. The minimum absolute atomic E-state index is 0.00276. The third kappa shape index (κ3) is 4.44. The smallest absolute Gasteiger partial charge is 0.236 e. The van der Waals surface area contributed by atoms with Crippen LogP contribution < -0.4 is 20.1 Å². The summed E-state index contributed by atoms with van der Waals surface area (Å²) in [5.41, 5.74) is 1.09. The SMILES string of the molecule is CNC(C)C(=O)NCCc1ccc(OC)c(OC)c1. The Morgan fingerprint density at radius 3 is 2.53 bits per heavy atom. The molecule has 2 N–H and O–H groups in total. The van der Waals surface area contributed by atoms with E-state index in [0.29, 0.717) is 18.0 Å². The van der Waals surface area contributed by atoms with E-state index < -0.39 is 0 Å². The van der Waals surface area contributed by atoms with Crippen LogP contribution in [0.1, 0.15) is 12.5 Å². The summed E-state index contributed by atoms with van der Waals surface area (Å²) < 4.78 is 10.4. The van der Waals surface area contributed by atoms with Crippen molar-refractivity contribution in [3.8, 4) is 11.5 Å². The summed E-state index contributed by atoms with van der Waals surface area (Å²) in [6.07, 6.45) is 0.753. The first-order valence-electron chi connectivity index (χ1n) is 6.28. The molecule has 19 heavy (non-hydrogen) atoms. The molecule has 5 nitrogen and oxygen atoms in total. The van der Waals surface area contributed by atoms with E-state index in [-0.39, 0.29) is 11.9 Å². The average molecular weight is 266 g/mol. The second-order valence-electron chi connectivity index (χ2n) is 4.24. The summed E-state index contributed by atoms with van der Waals surface area (Å²) in [5, 5.41) is 5.77. The summed E-state index contributed by atoms with van der Waals surface area (Å²) in [4.78, 5) is 11.6. The lowest BCUT2D eigenvalue weighted by atomic mass is 10.1. The quantitative estimate of drug-likeness (QED) is 0.772. The highest BCUT2D eigenvalue weighted by atomic mass is 16.5. The number of methoxy groups -OCH3 is 2. The Morgan fingerprint density at radius 2 is 1.95 bits per heavy atom. The van der Waals surface area contributed by atoms with E-state index in [0.717, 1.165) is 12.0 Å². The van der Waals surface area contributed by atoms with E-state index in [1.54, 1.807) is 21.3 Å². The van der Waals surface area contributed by atoms with Crippen molar-refractivity contribution < 1.29 is 14.3 Å². The molecule has 0 aliphatic heterocycles. The molecule has 0 spiro atoms. The summed E-state index contributed by atoms with van der Waals surface area (Å²) in [6, 6.07) is 5.58. The maximum atomic E-state index is 11.6. The Hall–Kier alpha value is -1.75. The molecule has 5 heteroatoms. The molecule has 0 saturated carbocycles. The number of benzene rings is 1. The fraction of sp³-hybridized carbons (Fsp3) is 0.500. The highest BCUT2D eigenvalue weighted by molar-refractivity contribution is 5.81. The standard InChI is InChI=1S/C14H22N2O3/c1-10(15-2)14(17)16-8-7-11-5-6-12(18-3)13(9-11)19-4/h5-6,9-10,15H,7-8H2,1-4H3,(H,16,17). The van der Waals surface area contributed by atoms with Crippen LogP contribution in [0.5, 0.6) is 11.5 Å². The monoisotopic (exact) mass is 266 g/mol. The van der Waals surface area contributed by atoms with Crippen LogP contribution in [0.25, 0.3) is 0 Å². The van der Waals surface area contributed by atoms with Crippen molar-refractivity contribution in [1.82, 2.24) is 10.6 Å². The van der Waals surface area contributed by atoms with Gasteiger partial charge in [-0.3, -0.25) is 4.79 Å². The molecule has 0 aliphatic carbocycles. The van der Waals surface area contributed by atoms with E-state index in [4.69, 9.17) is 9.47 Å². The molecule has 1 atom stereocenters. The number of amides is 1. The number of carbonyl (C=O) groups excluding carboxylic acids is 1. The van der Waals surface area contributed by atoms with Gasteiger partial charge in [0, 0.05) is 6.54 Å². The predicted octanol–water partition coefficient (Wildman–Crippen LogP) is 0.970. The van der Waals surface area contributed by atoms with Gasteiger partial charge in [0.1, 0.15) is 0 Å². The second-order valence-corrected chi connectivity index (χ2v) is 4.24. The lowest BCUT2D eigenvalue weighted by molar-refractivity contribution is -0.122. The maximum Gasteiger partial charge on any atom is 0.236 e. The van der Waals surface area contributed by atoms with E-state index in [9.17, 15) is 4.79 Å².